The molecule has 2 aromatic rings. The molecule has 2 aromatic carbocycles. The number of hydrogen-bond donors (Lipinski definition) is 0. The first-order valence-electron chi connectivity index (χ1n) is 8.54. The molecule has 140 valence electrons. The maximum Gasteiger partial charge on any atom is 0.272 e. The largest absolute Gasteiger partial charge is 0.497 e. The van der Waals surface area contributed by atoms with Crippen molar-refractivity contribution < 1.29 is 19.1 Å². The SMILES string of the molecule is COc1cc(OC)cc(N2C(=O)C(SC(C)C)=C(c3ccccc3)C2=O)c1. The molecule has 5 nitrogen and oxygen atoms in total. The first kappa shape index (κ1) is 19.0. The van der Waals surface area contributed by atoms with Gasteiger partial charge in [-0.3, -0.25) is 9.59 Å². The summed E-state index contributed by atoms with van der Waals surface area (Å²) in [4.78, 5) is 28.1. The third-order valence-electron chi connectivity index (χ3n) is 4.05. The predicted octanol–water partition coefficient (Wildman–Crippen LogP) is 4.13. The number of thioether (sulfide) groups is 1. The number of carbonyl (C=O) groups excluding carboxylic acids is 2. The Labute approximate surface area is 163 Å². The highest BCUT2D eigenvalue weighted by atomic mass is 32.2. The number of carbonyl (C=O) groups is 2. The smallest absolute Gasteiger partial charge is 0.272 e. The molecule has 2 amide bonds. The number of nitrogens with zero attached hydrogens (tertiary/aromatic N) is 1. The van der Waals surface area contributed by atoms with Gasteiger partial charge in [0, 0.05) is 23.4 Å². The lowest BCUT2D eigenvalue weighted by Gasteiger charge is -2.17. The first-order valence-corrected chi connectivity index (χ1v) is 9.42. The first-order chi connectivity index (χ1) is 13.0. The minimum Gasteiger partial charge on any atom is -0.497 e. The fraction of sp³-hybridized carbons (Fsp3) is 0.238. The van der Waals surface area contributed by atoms with Crippen LogP contribution in [0, 0.1) is 0 Å². The van der Waals surface area contributed by atoms with E-state index in [2.05, 4.69) is 0 Å². The fourth-order valence-corrected chi connectivity index (χ4v) is 3.86. The Hall–Kier alpha value is -2.73. The lowest BCUT2D eigenvalue weighted by atomic mass is 10.1. The van der Waals surface area contributed by atoms with E-state index < -0.39 is 0 Å². The molecule has 0 saturated heterocycles. The molecule has 0 bridgehead atoms. The second-order valence-corrected chi connectivity index (χ2v) is 7.84. The van der Waals surface area contributed by atoms with Crippen LogP contribution in [-0.2, 0) is 9.59 Å². The molecule has 1 heterocycles. The van der Waals surface area contributed by atoms with Crippen LogP contribution in [0.1, 0.15) is 19.4 Å². The maximum atomic E-state index is 13.3. The number of ether oxygens (including phenoxy) is 2. The highest BCUT2D eigenvalue weighted by Crippen LogP contribution is 2.41. The van der Waals surface area contributed by atoms with Gasteiger partial charge in [0.1, 0.15) is 11.5 Å². The van der Waals surface area contributed by atoms with E-state index in [1.54, 1.807) is 18.2 Å². The van der Waals surface area contributed by atoms with Crippen molar-refractivity contribution in [2.24, 2.45) is 0 Å². The van der Waals surface area contributed by atoms with Gasteiger partial charge in [-0.25, -0.2) is 4.90 Å². The standard InChI is InChI=1S/C21H21NO4S/c1-13(2)27-19-18(14-8-6-5-7-9-14)20(23)22(21(19)24)15-10-16(25-3)12-17(11-15)26-4/h5-13H,1-4H3. The second kappa shape index (κ2) is 7.88. The van der Waals surface area contributed by atoms with Crippen molar-refractivity contribution in [3.63, 3.8) is 0 Å². The van der Waals surface area contributed by atoms with E-state index in [1.807, 2.05) is 44.2 Å². The minimum atomic E-state index is -0.343. The van der Waals surface area contributed by atoms with E-state index in [0.29, 0.717) is 27.7 Å². The monoisotopic (exact) mass is 383 g/mol. The van der Waals surface area contributed by atoms with E-state index in [4.69, 9.17) is 9.47 Å². The molecule has 0 atom stereocenters. The average Bonchev–Trinajstić information content (AvgIpc) is 2.91. The van der Waals surface area contributed by atoms with Crippen molar-refractivity contribution in [3.05, 3.63) is 59.0 Å². The predicted molar refractivity (Wildman–Crippen MR) is 108 cm³/mol. The molecule has 0 spiro atoms. The second-order valence-electron chi connectivity index (χ2n) is 6.25. The van der Waals surface area contributed by atoms with Crippen LogP contribution in [-0.4, -0.2) is 31.3 Å². The van der Waals surface area contributed by atoms with Crippen molar-refractivity contribution in [1.82, 2.24) is 0 Å². The molecular weight excluding hydrogens is 362 g/mol. The van der Waals surface area contributed by atoms with E-state index in [-0.39, 0.29) is 17.1 Å². The minimum absolute atomic E-state index is 0.162. The number of methoxy groups -OCH3 is 2. The van der Waals surface area contributed by atoms with Gasteiger partial charge in [0.25, 0.3) is 11.8 Å². The molecule has 0 fully saturated rings. The lowest BCUT2D eigenvalue weighted by Crippen LogP contribution is -2.31. The number of anilines is 1. The Morgan fingerprint density at radius 1 is 0.889 bits per heavy atom. The summed E-state index contributed by atoms with van der Waals surface area (Å²) in [5.74, 6) is 0.352. The number of rotatable bonds is 6. The Morgan fingerprint density at radius 3 is 2.00 bits per heavy atom. The summed E-state index contributed by atoms with van der Waals surface area (Å²) in [6.07, 6.45) is 0. The summed E-state index contributed by atoms with van der Waals surface area (Å²) in [5, 5.41) is 0.162. The van der Waals surface area contributed by atoms with Crippen LogP contribution >= 0.6 is 11.8 Å². The van der Waals surface area contributed by atoms with Crippen LogP contribution in [0.3, 0.4) is 0 Å². The lowest BCUT2D eigenvalue weighted by molar-refractivity contribution is -0.119. The van der Waals surface area contributed by atoms with Crippen LogP contribution in [0.5, 0.6) is 11.5 Å². The summed E-state index contributed by atoms with van der Waals surface area (Å²) in [7, 11) is 3.06. The van der Waals surface area contributed by atoms with Crippen LogP contribution < -0.4 is 14.4 Å². The molecule has 27 heavy (non-hydrogen) atoms. The molecule has 0 aliphatic carbocycles. The topological polar surface area (TPSA) is 55.8 Å². The van der Waals surface area contributed by atoms with Gasteiger partial charge in [0.05, 0.1) is 30.4 Å². The molecular formula is C21H21NO4S. The average molecular weight is 383 g/mol. The zero-order valence-corrected chi connectivity index (χ0v) is 16.5. The number of benzene rings is 2. The summed E-state index contributed by atoms with van der Waals surface area (Å²) in [6, 6.07) is 14.3. The van der Waals surface area contributed by atoms with Crippen molar-refractivity contribution >= 4 is 34.8 Å². The van der Waals surface area contributed by atoms with E-state index in [0.717, 1.165) is 5.56 Å². The molecule has 3 rings (SSSR count). The van der Waals surface area contributed by atoms with Gasteiger partial charge >= 0.3 is 0 Å². The molecule has 6 heteroatoms. The van der Waals surface area contributed by atoms with Gasteiger partial charge < -0.3 is 9.47 Å². The summed E-state index contributed by atoms with van der Waals surface area (Å²) in [6.45, 7) is 3.99. The molecule has 1 aliphatic heterocycles. The van der Waals surface area contributed by atoms with Gasteiger partial charge in [-0.05, 0) is 5.56 Å². The van der Waals surface area contributed by atoms with Crippen molar-refractivity contribution in [2.75, 3.05) is 19.1 Å². The fourth-order valence-electron chi connectivity index (χ4n) is 2.87. The van der Waals surface area contributed by atoms with E-state index >= 15 is 0 Å². The molecule has 0 saturated carbocycles. The quantitative estimate of drug-likeness (QED) is 0.702. The van der Waals surface area contributed by atoms with Crippen LogP contribution in [0.4, 0.5) is 5.69 Å². The molecule has 0 aromatic heterocycles. The van der Waals surface area contributed by atoms with Gasteiger partial charge in [-0.1, -0.05) is 44.2 Å². The molecule has 1 aliphatic rings. The Bertz CT molecular complexity index is 883. The Kier molecular flexibility index (Phi) is 5.56. The van der Waals surface area contributed by atoms with Gasteiger partial charge in [-0.2, -0.15) is 0 Å². The Balaban J connectivity index is 2.11. The molecule has 0 N–H and O–H groups in total. The van der Waals surface area contributed by atoms with Gasteiger partial charge in [0.2, 0.25) is 0 Å². The van der Waals surface area contributed by atoms with E-state index in [9.17, 15) is 9.59 Å². The number of hydrogen-bond acceptors (Lipinski definition) is 5. The molecule has 0 unspecified atom stereocenters. The number of amides is 2. The highest BCUT2D eigenvalue weighted by molar-refractivity contribution is 8.04. The zero-order valence-electron chi connectivity index (χ0n) is 15.7. The van der Waals surface area contributed by atoms with Crippen LogP contribution in [0.15, 0.2) is 53.4 Å². The maximum absolute atomic E-state index is 13.3. The van der Waals surface area contributed by atoms with Crippen LogP contribution in [0.2, 0.25) is 0 Å². The van der Waals surface area contributed by atoms with Crippen LogP contribution in [0.25, 0.3) is 5.57 Å². The zero-order chi connectivity index (χ0) is 19.6. The van der Waals surface area contributed by atoms with Crippen molar-refractivity contribution in [1.29, 1.82) is 0 Å². The van der Waals surface area contributed by atoms with Crippen molar-refractivity contribution in [3.8, 4) is 11.5 Å². The molecule has 0 radical (unpaired) electrons. The summed E-state index contributed by atoms with van der Waals surface area (Å²) >= 11 is 1.40. The third-order valence-corrected chi connectivity index (χ3v) is 5.14. The van der Waals surface area contributed by atoms with Crippen molar-refractivity contribution in [2.45, 2.75) is 19.1 Å². The summed E-state index contributed by atoms with van der Waals surface area (Å²) in [5.41, 5.74) is 1.59. The highest BCUT2D eigenvalue weighted by Gasteiger charge is 2.40. The Morgan fingerprint density at radius 2 is 1.48 bits per heavy atom. The summed E-state index contributed by atoms with van der Waals surface area (Å²) < 4.78 is 10.6. The third kappa shape index (κ3) is 3.71. The normalized spacial score (nSPS) is 14.3. The number of imide groups is 1. The van der Waals surface area contributed by atoms with Gasteiger partial charge in [0.15, 0.2) is 0 Å². The van der Waals surface area contributed by atoms with Gasteiger partial charge in [-0.15, -0.1) is 11.8 Å². The van der Waals surface area contributed by atoms with E-state index in [1.165, 1.54) is 30.9 Å².